The maximum Gasteiger partial charge on any atom is 0.123 e. The highest BCUT2D eigenvalue weighted by atomic mass is 79.9. The molecule has 0 spiro atoms. The van der Waals surface area contributed by atoms with Gasteiger partial charge >= 0.3 is 0 Å². The summed E-state index contributed by atoms with van der Waals surface area (Å²) in [6.07, 6.45) is 0.597. The summed E-state index contributed by atoms with van der Waals surface area (Å²) in [4.78, 5) is 0. The van der Waals surface area contributed by atoms with Gasteiger partial charge in [-0.1, -0.05) is 34.1 Å². The Morgan fingerprint density at radius 3 is 2.38 bits per heavy atom. The van der Waals surface area contributed by atoms with Crippen molar-refractivity contribution in [1.82, 2.24) is 0 Å². The number of phenolic OH excluding ortho intramolecular Hbond substituents is 1. The highest BCUT2D eigenvalue weighted by molar-refractivity contribution is 9.10. The molecule has 0 saturated heterocycles. The molecule has 1 N–H and O–H groups in total. The third-order valence-electron chi connectivity index (χ3n) is 2.36. The molecule has 0 bridgehead atoms. The molecule has 0 unspecified atom stereocenters. The Morgan fingerprint density at radius 1 is 1.06 bits per heavy atom. The van der Waals surface area contributed by atoms with E-state index in [0.717, 1.165) is 15.6 Å². The van der Waals surface area contributed by atoms with E-state index in [1.54, 1.807) is 18.2 Å². The normalized spacial score (nSPS) is 10.4. The molecular weight excluding hydrogens is 271 g/mol. The predicted octanol–water partition coefficient (Wildman–Crippen LogP) is 3.88. The van der Waals surface area contributed by atoms with Gasteiger partial charge in [-0.05, 0) is 35.4 Å². The number of hydrogen-bond acceptors (Lipinski definition) is 1. The molecule has 0 aliphatic heterocycles. The first-order valence-electron chi connectivity index (χ1n) is 4.87. The fourth-order valence-electron chi connectivity index (χ4n) is 1.51. The van der Waals surface area contributed by atoms with E-state index in [1.165, 1.54) is 12.1 Å². The van der Waals surface area contributed by atoms with Crippen LogP contribution in [0.4, 0.5) is 4.39 Å². The SMILES string of the molecule is Oc1cc(Br)ccc1Cc1ccc(F)cc1. The van der Waals surface area contributed by atoms with Crippen molar-refractivity contribution in [3.8, 4) is 5.75 Å². The summed E-state index contributed by atoms with van der Waals surface area (Å²) >= 11 is 3.28. The molecular formula is C13H10BrFO. The second-order valence-electron chi connectivity index (χ2n) is 3.58. The summed E-state index contributed by atoms with van der Waals surface area (Å²) in [6.45, 7) is 0. The van der Waals surface area contributed by atoms with Gasteiger partial charge in [0.15, 0.2) is 0 Å². The lowest BCUT2D eigenvalue weighted by Crippen LogP contribution is -1.89. The van der Waals surface area contributed by atoms with Gasteiger partial charge in [0, 0.05) is 10.9 Å². The van der Waals surface area contributed by atoms with Gasteiger partial charge in [-0.15, -0.1) is 0 Å². The second kappa shape index (κ2) is 4.66. The zero-order chi connectivity index (χ0) is 11.5. The third kappa shape index (κ3) is 2.61. The number of hydrogen-bond donors (Lipinski definition) is 1. The molecule has 0 radical (unpaired) electrons. The lowest BCUT2D eigenvalue weighted by atomic mass is 10.0. The van der Waals surface area contributed by atoms with E-state index >= 15 is 0 Å². The first-order chi connectivity index (χ1) is 7.65. The zero-order valence-electron chi connectivity index (χ0n) is 8.45. The van der Waals surface area contributed by atoms with Crippen LogP contribution in [0, 0.1) is 5.82 Å². The molecule has 0 fully saturated rings. The molecule has 0 aliphatic carbocycles. The second-order valence-corrected chi connectivity index (χ2v) is 4.49. The van der Waals surface area contributed by atoms with Gasteiger partial charge in [0.1, 0.15) is 11.6 Å². The average molecular weight is 281 g/mol. The molecule has 0 atom stereocenters. The Morgan fingerprint density at radius 2 is 1.75 bits per heavy atom. The fourth-order valence-corrected chi connectivity index (χ4v) is 1.86. The Balaban J connectivity index is 2.23. The Hall–Kier alpha value is -1.35. The number of rotatable bonds is 2. The minimum Gasteiger partial charge on any atom is -0.508 e. The lowest BCUT2D eigenvalue weighted by molar-refractivity contribution is 0.469. The van der Waals surface area contributed by atoms with Crippen LogP contribution in [0.5, 0.6) is 5.75 Å². The molecule has 2 aromatic rings. The van der Waals surface area contributed by atoms with Crippen molar-refractivity contribution in [3.05, 3.63) is 63.9 Å². The van der Waals surface area contributed by atoms with Crippen molar-refractivity contribution in [2.75, 3.05) is 0 Å². The standard InChI is InChI=1S/C13H10BrFO/c14-11-4-3-10(13(16)8-11)7-9-1-5-12(15)6-2-9/h1-6,8,16H,7H2. The van der Waals surface area contributed by atoms with Crippen molar-refractivity contribution < 1.29 is 9.50 Å². The van der Waals surface area contributed by atoms with Crippen molar-refractivity contribution >= 4 is 15.9 Å². The van der Waals surface area contributed by atoms with Crippen LogP contribution in [0.3, 0.4) is 0 Å². The van der Waals surface area contributed by atoms with Gasteiger partial charge in [0.25, 0.3) is 0 Å². The molecule has 82 valence electrons. The number of phenols is 1. The number of benzene rings is 2. The van der Waals surface area contributed by atoms with Gasteiger partial charge in [-0.25, -0.2) is 4.39 Å². The first-order valence-corrected chi connectivity index (χ1v) is 5.66. The quantitative estimate of drug-likeness (QED) is 0.885. The van der Waals surface area contributed by atoms with E-state index < -0.39 is 0 Å². The van der Waals surface area contributed by atoms with Gasteiger partial charge in [0.05, 0.1) is 0 Å². The Kier molecular flexibility index (Phi) is 3.25. The maximum atomic E-state index is 12.7. The van der Waals surface area contributed by atoms with Crippen molar-refractivity contribution in [3.63, 3.8) is 0 Å². The summed E-state index contributed by atoms with van der Waals surface area (Å²) in [7, 11) is 0. The van der Waals surface area contributed by atoms with E-state index in [9.17, 15) is 9.50 Å². The molecule has 0 saturated carbocycles. The molecule has 0 amide bonds. The highest BCUT2D eigenvalue weighted by Gasteiger charge is 2.03. The van der Waals surface area contributed by atoms with Crippen LogP contribution < -0.4 is 0 Å². The molecule has 1 nitrogen and oxygen atoms in total. The van der Waals surface area contributed by atoms with Gasteiger partial charge in [-0.2, -0.15) is 0 Å². The van der Waals surface area contributed by atoms with Gasteiger partial charge < -0.3 is 5.11 Å². The maximum absolute atomic E-state index is 12.7. The molecule has 0 aromatic heterocycles. The molecule has 3 heteroatoms. The molecule has 0 heterocycles. The lowest BCUT2D eigenvalue weighted by Gasteiger charge is -2.05. The molecule has 0 aliphatic rings. The Labute approximate surface area is 102 Å². The summed E-state index contributed by atoms with van der Waals surface area (Å²) in [5.74, 6) is 0.00229. The van der Waals surface area contributed by atoms with E-state index in [2.05, 4.69) is 15.9 Å². The smallest absolute Gasteiger partial charge is 0.123 e. The monoisotopic (exact) mass is 280 g/mol. The third-order valence-corrected chi connectivity index (χ3v) is 2.85. The summed E-state index contributed by atoms with van der Waals surface area (Å²) in [5.41, 5.74) is 1.80. The average Bonchev–Trinajstić information content (AvgIpc) is 2.25. The Bertz CT molecular complexity index is 494. The fraction of sp³-hybridized carbons (Fsp3) is 0.0769. The van der Waals surface area contributed by atoms with Crippen LogP contribution in [0.15, 0.2) is 46.9 Å². The van der Waals surface area contributed by atoms with Crippen molar-refractivity contribution in [1.29, 1.82) is 0 Å². The summed E-state index contributed by atoms with van der Waals surface area (Å²) in [6, 6.07) is 11.7. The van der Waals surface area contributed by atoms with Crippen LogP contribution in [-0.4, -0.2) is 5.11 Å². The zero-order valence-corrected chi connectivity index (χ0v) is 10.0. The van der Waals surface area contributed by atoms with E-state index in [1.807, 2.05) is 12.1 Å². The van der Waals surface area contributed by atoms with E-state index in [-0.39, 0.29) is 11.6 Å². The van der Waals surface area contributed by atoms with Crippen LogP contribution in [0.2, 0.25) is 0 Å². The minimum atomic E-state index is -0.247. The van der Waals surface area contributed by atoms with Crippen LogP contribution >= 0.6 is 15.9 Å². The van der Waals surface area contributed by atoms with E-state index in [4.69, 9.17) is 0 Å². The minimum absolute atomic E-state index is 0.247. The van der Waals surface area contributed by atoms with Crippen molar-refractivity contribution in [2.24, 2.45) is 0 Å². The predicted molar refractivity (Wildman–Crippen MR) is 65.0 cm³/mol. The molecule has 16 heavy (non-hydrogen) atoms. The molecule has 2 rings (SSSR count). The van der Waals surface area contributed by atoms with E-state index in [0.29, 0.717) is 6.42 Å². The summed E-state index contributed by atoms with van der Waals surface area (Å²) in [5, 5.41) is 9.70. The van der Waals surface area contributed by atoms with Crippen LogP contribution in [0.1, 0.15) is 11.1 Å². The van der Waals surface area contributed by atoms with Gasteiger partial charge in [-0.3, -0.25) is 0 Å². The first kappa shape index (κ1) is 11.1. The number of aromatic hydroxyl groups is 1. The van der Waals surface area contributed by atoms with Crippen molar-refractivity contribution in [2.45, 2.75) is 6.42 Å². The topological polar surface area (TPSA) is 20.2 Å². The largest absolute Gasteiger partial charge is 0.508 e. The van der Waals surface area contributed by atoms with Gasteiger partial charge in [0.2, 0.25) is 0 Å². The molecule has 2 aromatic carbocycles. The highest BCUT2D eigenvalue weighted by Crippen LogP contribution is 2.24. The number of halogens is 2. The van der Waals surface area contributed by atoms with Crippen LogP contribution in [-0.2, 0) is 6.42 Å². The van der Waals surface area contributed by atoms with Crippen LogP contribution in [0.25, 0.3) is 0 Å². The summed E-state index contributed by atoms with van der Waals surface area (Å²) < 4.78 is 13.5.